The third kappa shape index (κ3) is 7.66. The Morgan fingerprint density at radius 2 is 1.81 bits per heavy atom. The van der Waals surface area contributed by atoms with Gasteiger partial charge in [-0.3, -0.25) is 14.5 Å². The number of amides is 2. The van der Waals surface area contributed by atoms with Gasteiger partial charge in [-0.05, 0) is 36.6 Å². The Morgan fingerprint density at radius 3 is 2.58 bits per heavy atom. The van der Waals surface area contributed by atoms with Gasteiger partial charge < -0.3 is 34.2 Å². The molecule has 43 heavy (non-hydrogen) atoms. The van der Waals surface area contributed by atoms with Gasteiger partial charge in [0.05, 0.1) is 30.6 Å². The van der Waals surface area contributed by atoms with Crippen LogP contribution in [0.25, 0.3) is 0 Å². The Morgan fingerprint density at radius 1 is 1.00 bits per heavy atom. The highest BCUT2D eigenvalue weighted by molar-refractivity contribution is 6.08. The van der Waals surface area contributed by atoms with E-state index >= 15 is 0 Å². The van der Waals surface area contributed by atoms with Crippen molar-refractivity contribution in [3.8, 4) is 6.01 Å². The Kier molecular flexibility index (Phi) is 9.40. The minimum atomic E-state index is -0.455. The number of hydrogen-bond acceptors (Lipinski definition) is 11. The van der Waals surface area contributed by atoms with Gasteiger partial charge in [0, 0.05) is 71.1 Å². The van der Waals surface area contributed by atoms with Crippen molar-refractivity contribution in [1.82, 2.24) is 25.2 Å². The van der Waals surface area contributed by atoms with Crippen LogP contribution in [-0.2, 0) is 16.0 Å². The molecule has 6 rings (SSSR count). The number of nitrogens with one attached hydrogen (secondary N) is 2. The van der Waals surface area contributed by atoms with Crippen molar-refractivity contribution in [2.24, 2.45) is 0 Å². The zero-order chi connectivity index (χ0) is 29.4. The van der Waals surface area contributed by atoms with Crippen LogP contribution in [0, 0.1) is 0 Å². The zero-order valence-electron chi connectivity index (χ0n) is 24.1. The predicted octanol–water partition coefficient (Wildman–Crippen LogP) is 2.51. The summed E-state index contributed by atoms with van der Waals surface area (Å²) >= 11 is 0. The summed E-state index contributed by atoms with van der Waals surface area (Å²) in [5.74, 6) is -0.718. The summed E-state index contributed by atoms with van der Waals surface area (Å²) in [6, 6.07) is 8.03. The molecule has 3 aliphatic rings. The quantitative estimate of drug-likeness (QED) is 0.359. The maximum atomic E-state index is 13.3. The van der Waals surface area contributed by atoms with Crippen LogP contribution in [0.5, 0.6) is 6.01 Å². The molecule has 0 spiro atoms. The van der Waals surface area contributed by atoms with E-state index in [-0.39, 0.29) is 23.8 Å². The number of oxazole rings is 1. The molecule has 0 saturated carbocycles. The molecule has 0 radical (unpaired) electrons. The van der Waals surface area contributed by atoms with E-state index in [1.54, 1.807) is 24.5 Å². The second kappa shape index (κ2) is 13.9. The van der Waals surface area contributed by atoms with E-state index < -0.39 is 5.91 Å². The number of aromatic nitrogens is 3. The second-order valence-electron chi connectivity index (χ2n) is 10.9. The maximum absolute atomic E-state index is 13.3. The first-order valence-corrected chi connectivity index (χ1v) is 14.9. The zero-order valence-corrected chi connectivity index (χ0v) is 24.1. The molecular weight excluding hydrogens is 554 g/mol. The van der Waals surface area contributed by atoms with Gasteiger partial charge in [0.15, 0.2) is 5.69 Å². The van der Waals surface area contributed by atoms with E-state index in [2.05, 4.69) is 30.5 Å². The van der Waals surface area contributed by atoms with E-state index in [0.29, 0.717) is 69.3 Å². The molecule has 0 bridgehead atoms. The first-order valence-electron chi connectivity index (χ1n) is 14.9. The fourth-order valence-corrected chi connectivity index (χ4v) is 5.47. The lowest BCUT2D eigenvalue weighted by Crippen LogP contribution is -2.38. The molecule has 13 heteroatoms. The maximum Gasteiger partial charge on any atom is 0.316 e. The predicted molar refractivity (Wildman–Crippen MR) is 156 cm³/mol. The average Bonchev–Trinajstić information content (AvgIpc) is 3.75. The number of ether oxygens (including phenoxy) is 3. The molecule has 13 nitrogen and oxygen atoms in total. The Balaban J connectivity index is 1.09. The highest BCUT2D eigenvalue weighted by atomic mass is 16.5. The second-order valence-corrected chi connectivity index (χ2v) is 10.9. The van der Waals surface area contributed by atoms with Crippen LogP contribution in [0.3, 0.4) is 0 Å². The number of hydrogen-bond donors (Lipinski definition) is 2. The third-order valence-corrected chi connectivity index (χ3v) is 7.85. The summed E-state index contributed by atoms with van der Waals surface area (Å²) in [5, 5.41) is 5.86. The lowest BCUT2D eigenvalue weighted by molar-refractivity contribution is 0.0342. The molecule has 2 amide bonds. The van der Waals surface area contributed by atoms with Crippen molar-refractivity contribution >= 4 is 23.5 Å². The minimum Gasteiger partial charge on any atom is -0.460 e. The Labute approximate surface area is 249 Å². The summed E-state index contributed by atoms with van der Waals surface area (Å²) in [5.41, 5.74) is 1.92. The normalized spacial score (nSPS) is 19.7. The van der Waals surface area contributed by atoms with Crippen LogP contribution in [0.4, 0.5) is 11.7 Å². The van der Waals surface area contributed by atoms with Gasteiger partial charge in [0.2, 0.25) is 0 Å². The number of piperidine rings is 1. The van der Waals surface area contributed by atoms with Gasteiger partial charge in [0.25, 0.3) is 17.8 Å². The average molecular weight is 592 g/mol. The molecular formula is C30H37N7O6. The van der Waals surface area contributed by atoms with E-state index in [1.165, 1.54) is 6.26 Å². The lowest BCUT2D eigenvalue weighted by Gasteiger charge is -2.30. The summed E-state index contributed by atoms with van der Waals surface area (Å²) in [7, 11) is 0. The molecule has 0 unspecified atom stereocenters. The molecule has 228 valence electrons. The number of anilines is 2. The standard InChI is InChI=1S/C30H37N7O6/c38-27(33-18-23-3-1-14-41-23)24-17-21(19-36-12-15-40-16-13-36)4-5-25(24)34-28(39)26-20-42-30(35-26)37-10-6-22(7-11-37)43-29-31-8-2-9-32-29/h2,4-5,8-9,17,20,22-23H,1,3,6-7,10-16,18-19H2,(H,33,38)(H,34,39)/t23-/m0/s1. The van der Waals surface area contributed by atoms with Crippen LogP contribution in [0.15, 0.2) is 47.3 Å². The highest BCUT2D eigenvalue weighted by Gasteiger charge is 2.26. The minimum absolute atomic E-state index is 0.00704. The van der Waals surface area contributed by atoms with Gasteiger partial charge in [-0.25, -0.2) is 9.97 Å². The summed E-state index contributed by atoms with van der Waals surface area (Å²) in [6.45, 7) is 6.18. The first kappa shape index (κ1) is 29.0. The van der Waals surface area contributed by atoms with Crippen molar-refractivity contribution in [2.45, 2.75) is 44.4 Å². The van der Waals surface area contributed by atoms with E-state index in [9.17, 15) is 9.59 Å². The van der Waals surface area contributed by atoms with Crippen LogP contribution in [0.2, 0.25) is 0 Å². The molecule has 2 N–H and O–H groups in total. The Bertz CT molecular complexity index is 1370. The van der Waals surface area contributed by atoms with E-state index in [4.69, 9.17) is 18.6 Å². The molecule has 1 aromatic carbocycles. The van der Waals surface area contributed by atoms with Crippen molar-refractivity contribution in [3.63, 3.8) is 0 Å². The van der Waals surface area contributed by atoms with Gasteiger partial charge >= 0.3 is 6.01 Å². The van der Waals surface area contributed by atoms with Crippen molar-refractivity contribution < 1.29 is 28.2 Å². The van der Waals surface area contributed by atoms with Crippen LogP contribution in [0.1, 0.15) is 52.1 Å². The van der Waals surface area contributed by atoms with Crippen LogP contribution < -0.4 is 20.3 Å². The molecule has 3 fully saturated rings. The molecule has 3 aliphatic heterocycles. The van der Waals surface area contributed by atoms with E-state index in [1.807, 2.05) is 17.0 Å². The number of rotatable bonds is 10. The number of morpholine rings is 1. The number of carbonyl (C=O) groups excluding carboxylic acids is 2. The van der Waals surface area contributed by atoms with E-state index in [0.717, 1.165) is 44.3 Å². The molecule has 1 atom stereocenters. The highest BCUT2D eigenvalue weighted by Crippen LogP contribution is 2.24. The van der Waals surface area contributed by atoms with Crippen molar-refractivity contribution in [1.29, 1.82) is 0 Å². The fourth-order valence-electron chi connectivity index (χ4n) is 5.47. The fraction of sp³-hybridized carbons (Fsp3) is 0.500. The molecule has 3 saturated heterocycles. The summed E-state index contributed by atoms with van der Waals surface area (Å²) in [6.07, 6.45) is 8.03. The topological polar surface area (TPSA) is 144 Å². The molecule has 5 heterocycles. The first-order chi connectivity index (χ1) is 21.1. The number of carbonyl (C=O) groups is 2. The van der Waals surface area contributed by atoms with Crippen LogP contribution >= 0.6 is 0 Å². The lowest BCUT2D eigenvalue weighted by atomic mass is 10.1. The summed E-state index contributed by atoms with van der Waals surface area (Å²) < 4.78 is 22.7. The van der Waals surface area contributed by atoms with Gasteiger partial charge in [-0.1, -0.05) is 6.07 Å². The third-order valence-electron chi connectivity index (χ3n) is 7.85. The summed E-state index contributed by atoms with van der Waals surface area (Å²) in [4.78, 5) is 43.5. The largest absolute Gasteiger partial charge is 0.460 e. The smallest absolute Gasteiger partial charge is 0.316 e. The van der Waals surface area contributed by atoms with Crippen molar-refractivity contribution in [2.75, 3.05) is 62.8 Å². The number of nitrogens with zero attached hydrogens (tertiary/aromatic N) is 5. The van der Waals surface area contributed by atoms with Crippen LogP contribution in [-0.4, -0.2) is 96.4 Å². The van der Waals surface area contributed by atoms with Gasteiger partial charge in [0.1, 0.15) is 12.4 Å². The number of benzene rings is 1. The van der Waals surface area contributed by atoms with Gasteiger partial charge in [-0.2, -0.15) is 4.98 Å². The van der Waals surface area contributed by atoms with Gasteiger partial charge in [-0.15, -0.1) is 0 Å². The molecule has 3 aromatic rings. The molecule has 0 aliphatic carbocycles. The molecule has 2 aromatic heterocycles. The SMILES string of the molecule is O=C(Nc1ccc(CN2CCOCC2)cc1C(=O)NC[C@@H]1CCCO1)c1coc(N2CCC(Oc3ncccn3)CC2)n1. The monoisotopic (exact) mass is 591 g/mol. The Hall–Kier alpha value is -4.07. The van der Waals surface area contributed by atoms with Crippen molar-refractivity contribution in [3.05, 3.63) is 59.7 Å².